The van der Waals surface area contributed by atoms with E-state index in [-0.39, 0.29) is 17.1 Å². The first-order valence-electron chi connectivity index (χ1n) is 7.74. The number of benzene rings is 1. The highest BCUT2D eigenvalue weighted by Crippen LogP contribution is 2.34. The van der Waals surface area contributed by atoms with E-state index >= 15 is 0 Å². The Morgan fingerprint density at radius 1 is 0.885 bits per heavy atom. The Morgan fingerprint density at radius 3 is 2.04 bits per heavy atom. The van der Waals surface area contributed by atoms with E-state index in [1.54, 1.807) is 20.8 Å². The molecule has 1 aromatic heterocycles. The third kappa shape index (κ3) is 5.05. The number of hydrogen-bond donors (Lipinski definition) is 2. The summed E-state index contributed by atoms with van der Waals surface area (Å²) in [5.74, 6) is -1.32. The molecule has 0 unspecified atom stereocenters. The second-order valence-electron chi connectivity index (χ2n) is 6.61. The van der Waals surface area contributed by atoms with Crippen molar-refractivity contribution in [1.82, 2.24) is 10.3 Å². The topological polar surface area (TPSA) is 71.1 Å². The van der Waals surface area contributed by atoms with Gasteiger partial charge in [0.15, 0.2) is 0 Å². The Labute approximate surface area is 148 Å². The predicted molar refractivity (Wildman–Crippen MR) is 90.9 cm³/mol. The number of carbonyl (C=O) groups excluding carboxylic acids is 2. The number of hydrogen-bond acceptors (Lipinski definition) is 3. The second-order valence-corrected chi connectivity index (χ2v) is 6.61. The highest BCUT2D eigenvalue weighted by Gasteiger charge is 2.33. The summed E-state index contributed by atoms with van der Waals surface area (Å²) in [6.07, 6.45) is -4.61. The Bertz CT molecular complexity index is 827. The van der Waals surface area contributed by atoms with Crippen LogP contribution in [0.3, 0.4) is 0 Å². The molecule has 0 aliphatic heterocycles. The third-order valence-corrected chi connectivity index (χ3v) is 3.18. The first-order chi connectivity index (χ1) is 12.0. The number of pyridine rings is 1. The molecule has 0 aliphatic carbocycles. The minimum absolute atomic E-state index is 0.00307. The summed E-state index contributed by atoms with van der Waals surface area (Å²) in [6, 6.07) is 8.81. The average Bonchev–Trinajstić information content (AvgIpc) is 2.53. The Kier molecular flexibility index (Phi) is 5.34. The number of amides is 2. The number of nitrogens with one attached hydrogen (secondary N) is 2. The van der Waals surface area contributed by atoms with Crippen molar-refractivity contribution in [2.45, 2.75) is 32.5 Å². The van der Waals surface area contributed by atoms with Crippen LogP contribution in [0.4, 0.5) is 18.9 Å². The summed E-state index contributed by atoms with van der Waals surface area (Å²) in [5, 5.41) is 4.89. The highest BCUT2D eigenvalue weighted by atomic mass is 19.4. The lowest BCUT2D eigenvalue weighted by molar-refractivity contribution is -0.136. The minimum Gasteiger partial charge on any atom is -0.346 e. The van der Waals surface area contributed by atoms with Crippen molar-refractivity contribution in [3.8, 4) is 0 Å². The van der Waals surface area contributed by atoms with Crippen LogP contribution in [0.25, 0.3) is 0 Å². The molecular weight excluding hydrogens is 347 g/mol. The van der Waals surface area contributed by atoms with Crippen molar-refractivity contribution in [2.24, 2.45) is 0 Å². The average molecular weight is 365 g/mol. The van der Waals surface area contributed by atoms with Gasteiger partial charge in [-0.25, -0.2) is 4.98 Å². The number of rotatable bonds is 3. The molecule has 1 aromatic carbocycles. The summed E-state index contributed by atoms with van der Waals surface area (Å²) in [5.41, 5.74) is -2.01. The van der Waals surface area contributed by atoms with Crippen molar-refractivity contribution < 1.29 is 22.8 Å². The SMILES string of the molecule is CC(C)(C)NC(=O)c1cccc(C(=O)Nc2ccccc2C(F)(F)F)n1. The number of carbonyl (C=O) groups is 2. The van der Waals surface area contributed by atoms with Gasteiger partial charge in [-0.2, -0.15) is 13.2 Å². The van der Waals surface area contributed by atoms with Gasteiger partial charge in [-0.15, -0.1) is 0 Å². The molecule has 0 spiro atoms. The quantitative estimate of drug-likeness (QED) is 0.867. The maximum absolute atomic E-state index is 13.0. The van der Waals surface area contributed by atoms with Gasteiger partial charge in [0.25, 0.3) is 11.8 Å². The van der Waals surface area contributed by atoms with Gasteiger partial charge in [-0.05, 0) is 45.0 Å². The van der Waals surface area contributed by atoms with Crippen molar-refractivity contribution in [1.29, 1.82) is 0 Å². The lowest BCUT2D eigenvalue weighted by Gasteiger charge is -2.20. The van der Waals surface area contributed by atoms with Crippen LogP contribution in [-0.4, -0.2) is 22.3 Å². The summed E-state index contributed by atoms with van der Waals surface area (Å²) >= 11 is 0. The minimum atomic E-state index is -4.61. The van der Waals surface area contributed by atoms with E-state index in [2.05, 4.69) is 15.6 Å². The van der Waals surface area contributed by atoms with E-state index in [1.165, 1.54) is 30.3 Å². The van der Waals surface area contributed by atoms with Gasteiger partial charge in [0.2, 0.25) is 0 Å². The number of aromatic nitrogens is 1. The van der Waals surface area contributed by atoms with Crippen LogP contribution in [0.2, 0.25) is 0 Å². The van der Waals surface area contributed by atoms with Crippen LogP contribution in [0.15, 0.2) is 42.5 Å². The van der Waals surface area contributed by atoms with Crippen molar-refractivity contribution in [3.05, 3.63) is 59.4 Å². The van der Waals surface area contributed by atoms with E-state index < -0.39 is 29.1 Å². The number of halogens is 3. The monoisotopic (exact) mass is 365 g/mol. The zero-order valence-electron chi connectivity index (χ0n) is 14.4. The standard InChI is InChI=1S/C18H18F3N3O2/c1-17(2,3)24-16(26)14-10-6-9-13(22-14)15(25)23-12-8-5-4-7-11(12)18(19,20)21/h4-10H,1-3H3,(H,23,25)(H,24,26). The molecular formula is C18H18F3N3O2. The molecule has 2 rings (SSSR count). The molecule has 0 aliphatic rings. The van der Waals surface area contributed by atoms with Gasteiger partial charge < -0.3 is 10.6 Å². The van der Waals surface area contributed by atoms with Crippen LogP contribution in [0.5, 0.6) is 0 Å². The number of para-hydroxylation sites is 1. The fourth-order valence-electron chi connectivity index (χ4n) is 2.12. The fourth-order valence-corrected chi connectivity index (χ4v) is 2.12. The predicted octanol–water partition coefficient (Wildman–Crippen LogP) is 3.88. The molecule has 2 N–H and O–H groups in total. The van der Waals surface area contributed by atoms with Gasteiger partial charge in [-0.1, -0.05) is 18.2 Å². The summed E-state index contributed by atoms with van der Waals surface area (Å²) in [7, 11) is 0. The highest BCUT2D eigenvalue weighted by molar-refractivity contribution is 6.04. The Hall–Kier alpha value is -2.90. The van der Waals surface area contributed by atoms with Crippen LogP contribution in [-0.2, 0) is 6.18 Å². The second kappa shape index (κ2) is 7.15. The van der Waals surface area contributed by atoms with Crippen LogP contribution < -0.4 is 10.6 Å². The molecule has 0 radical (unpaired) electrons. The summed E-state index contributed by atoms with van der Waals surface area (Å²) in [6.45, 7) is 5.36. The van der Waals surface area contributed by atoms with Gasteiger partial charge in [0.05, 0.1) is 11.3 Å². The van der Waals surface area contributed by atoms with E-state index in [4.69, 9.17) is 0 Å². The summed E-state index contributed by atoms with van der Waals surface area (Å²) in [4.78, 5) is 28.3. The van der Waals surface area contributed by atoms with E-state index in [0.717, 1.165) is 12.1 Å². The molecule has 138 valence electrons. The maximum atomic E-state index is 13.0. The lowest BCUT2D eigenvalue weighted by atomic mass is 10.1. The maximum Gasteiger partial charge on any atom is 0.418 e. The van der Waals surface area contributed by atoms with Gasteiger partial charge in [0.1, 0.15) is 11.4 Å². The van der Waals surface area contributed by atoms with Crippen LogP contribution in [0, 0.1) is 0 Å². The van der Waals surface area contributed by atoms with E-state index in [0.29, 0.717) is 0 Å². The zero-order chi connectivity index (χ0) is 19.5. The van der Waals surface area contributed by atoms with Gasteiger partial charge in [0, 0.05) is 5.54 Å². The Morgan fingerprint density at radius 2 is 1.46 bits per heavy atom. The Balaban J connectivity index is 2.24. The summed E-state index contributed by atoms with van der Waals surface area (Å²) < 4.78 is 39.0. The lowest BCUT2D eigenvalue weighted by Crippen LogP contribution is -2.41. The van der Waals surface area contributed by atoms with Gasteiger partial charge >= 0.3 is 6.18 Å². The first-order valence-corrected chi connectivity index (χ1v) is 7.74. The zero-order valence-corrected chi connectivity index (χ0v) is 14.4. The number of anilines is 1. The van der Waals surface area contributed by atoms with E-state index in [9.17, 15) is 22.8 Å². The normalized spacial score (nSPS) is 11.8. The molecule has 0 bridgehead atoms. The molecule has 0 atom stereocenters. The van der Waals surface area contributed by atoms with Crippen molar-refractivity contribution in [2.75, 3.05) is 5.32 Å². The molecule has 26 heavy (non-hydrogen) atoms. The molecule has 0 fully saturated rings. The smallest absolute Gasteiger partial charge is 0.346 e. The van der Waals surface area contributed by atoms with Crippen molar-refractivity contribution >= 4 is 17.5 Å². The number of nitrogens with zero attached hydrogens (tertiary/aromatic N) is 1. The van der Waals surface area contributed by atoms with Gasteiger partial charge in [-0.3, -0.25) is 9.59 Å². The fraction of sp³-hybridized carbons (Fsp3) is 0.278. The molecule has 1 heterocycles. The molecule has 0 saturated heterocycles. The molecule has 0 saturated carbocycles. The number of alkyl halides is 3. The third-order valence-electron chi connectivity index (χ3n) is 3.18. The molecule has 2 amide bonds. The van der Waals surface area contributed by atoms with E-state index in [1.807, 2.05) is 0 Å². The molecule has 2 aromatic rings. The molecule has 8 heteroatoms. The van der Waals surface area contributed by atoms with Crippen LogP contribution in [0.1, 0.15) is 47.3 Å². The molecule has 5 nitrogen and oxygen atoms in total. The van der Waals surface area contributed by atoms with Crippen molar-refractivity contribution in [3.63, 3.8) is 0 Å². The van der Waals surface area contributed by atoms with Crippen LogP contribution >= 0.6 is 0 Å². The largest absolute Gasteiger partial charge is 0.418 e. The first kappa shape index (κ1) is 19.4.